The molecule has 2 aliphatic rings. The third-order valence-corrected chi connectivity index (χ3v) is 5.77. The van der Waals surface area contributed by atoms with Gasteiger partial charge in [-0.2, -0.15) is 0 Å². The highest BCUT2D eigenvalue weighted by atomic mass is 16.6. The normalized spacial score (nSPS) is 20.6. The predicted molar refractivity (Wildman–Crippen MR) is 97.5 cm³/mol. The van der Waals surface area contributed by atoms with E-state index < -0.39 is 5.41 Å². The first-order valence-corrected chi connectivity index (χ1v) is 9.18. The fourth-order valence-electron chi connectivity index (χ4n) is 4.00. The third-order valence-electron chi connectivity index (χ3n) is 5.77. The van der Waals surface area contributed by atoms with Crippen LogP contribution in [-0.4, -0.2) is 44.3 Å². The molecule has 0 bridgehead atoms. The van der Waals surface area contributed by atoms with Crippen molar-refractivity contribution in [2.75, 3.05) is 38.3 Å². The van der Waals surface area contributed by atoms with Crippen molar-refractivity contribution in [2.45, 2.75) is 38.0 Å². The van der Waals surface area contributed by atoms with Gasteiger partial charge in [-0.25, -0.2) is 0 Å². The second-order valence-corrected chi connectivity index (χ2v) is 7.32. The van der Waals surface area contributed by atoms with Crippen molar-refractivity contribution in [3.63, 3.8) is 0 Å². The molecule has 1 aromatic rings. The molecule has 7 heteroatoms. The van der Waals surface area contributed by atoms with Crippen molar-refractivity contribution in [1.29, 1.82) is 0 Å². The van der Waals surface area contributed by atoms with Gasteiger partial charge in [0.25, 0.3) is 5.69 Å². The molecule has 0 amide bonds. The largest absolute Gasteiger partial charge is 0.468 e. The first-order chi connectivity index (χ1) is 12.5. The van der Waals surface area contributed by atoms with E-state index in [-0.39, 0.29) is 16.6 Å². The van der Waals surface area contributed by atoms with E-state index in [1.165, 1.54) is 13.2 Å². The van der Waals surface area contributed by atoms with Crippen LogP contribution >= 0.6 is 0 Å². The second kappa shape index (κ2) is 7.61. The molecule has 26 heavy (non-hydrogen) atoms. The summed E-state index contributed by atoms with van der Waals surface area (Å²) in [6.45, 7) is 4.74. The molecule has 0 saturated carbocycles. The molecule has 7 nitrogen and oxygen atoms in total. The highest BCUT2D eigenvalue weighted by Crippen LogP contribution is 2.41. The fourth-order valence-corrected chi connectivity index (χ4v) is 4.00. The van der Waals surface area contributed by atoms with E-state index >= 15 is 0 Å². The summed E-state index contributed by atoms with van der Waals surface area (Å²) in [7, 11) is 1.39. The van der Waals surface area contributed by atoms with Gasteiger partial charge in [0, 0.05) is 32.4 Å². The summed E-state index contributed by atoms with van der Waals surface area (Å²) in [5, 5.41) is 11.6. The van der Waals surface area contributed by atoms with Gasteiger partial charge < -0.3 is 14.4 Å². The number of anilines is 1. The van der Waals surface area contributed by atoms with Crippen LogP contribution in [0.25, 0.3) is 0 Å². The van der Waals surface area contributed by atoms with Gasteiger partial charge in [-0.1, -0.05) is 13.0 Å². The first kappa shape index (κ1) is 18.6. The molecular formula is C19H26N2O5. The lowest BCUT2D eigenvalue weighted by atomic mass is 9.74. The van der Waals surface area contributed by atoms with Gasteiger partial charge in [0.05, 0.1) is 17.4 Å². The van der Waals surface area contributed by atoms with E-state index in [9.17, 15) is 14.9 Å². The van der Waals surface area contributed by atoms with Crippen LogP contribution in [0.1, 0.15) is 38.2 Å². The van der Waals surface area contributed by atoms with Gasteiger partial charge in [0.15, 0.2) is 0 Å². The highest BCUT2D eigenvalue weighted by molar-refractivity contribution is 5.84. The van der Waals surface area contributed by atoms with Crippen LogP contribution in [0.3, 0.4) is 0 Å². The zero-order valence-corrected chi connectivity index (χ0v) is 15.4. The number of nitro benzene ring substituents is 1. The lowest BCUT2D eigenvalue weighted by Crippen LogP contribution is -2.42. The summed E-state index contributed by atoms with van der Waals surface area (Å²) < 4.78 is 10.5. The Labute approximate surface area is 153 Å². The number of methoxy groups -OCH3 is 1. The van der Waals surface area contributed by atoms with Gasteiger partial charge in [0.2, 0.25) is 0 Å². The summed E-state index contributed by atoms with van der Waals surface area (Å²) in [5.41, 5.74) is 0.691. The number of rotatable bonds is 4. The zero-order chi connectivity index (χ0) is 18.7. The van der Waals surface area contributed by atoms with Gasteiger partial charge in [-0.05, 0) is 43.2 Å². The number of nitrogens with zero attached hydrogens (tertiary/aromatic N) is 2. The average Bonchev–Trinajstić information content (AvgIpc) is 2.68. The van der Waals surface area contributed by atoms with Crippen LogP contribution in [-0.2, 0) is 19.7 Å². The monoisotopic (exact) mass is 362 g/mol. The van der Waals surface area contributed by atoms with E-state index in [0.29, 0.717) is 37.7 Å². The smallest absolute Gasteiger partial charge is 0.316 e. The lowest BCUT2D eigenvalue weighted by Gasteiger charge is -2.36. The molecule has 1 aromatic carbocycles. The third kappa shape index (κ3) is 3.40. The Balaban J connectivity index is 2.03. The summed E-state index contributed by atoms with van der Waals surface area (Å²) in [5.74, 6) is 0.332. The quantitative estimate of drug-likeness (QED) is 0.465. The Hall–Kier alpha value is -2.15. The molecule has 0 aromatic heterocycles. The van der Waals surface area contributed by atoms with Crippen LogP contribution in [0.2, 0.25) is 0 Å². The fraction of sp³-hybridized carbons (Fsp3) is 0.632. The molecule has 0 aliphatic carbocycles. The maximum Gasteiger partial charge on any atom is 0.316 e. The molecule has 2 aliphatic heterocycles. The number of carbonyl (C=O) groups excluding carboxylic acids is 1. The molecule has 0 unspecified atom stereocenters. The topological polar surface area (TPSA) is 81.9 Å². The van der Waals surface area contributed by atoms with Crippen molar-refractivity contribution < 1.29 is 19.2 Å². The highest BCUT2D eigenvalue weighted by Gasteiger charge is 2.43. The first-order valence-electron chi connectivity index (χ1n) is 9.18. The minimum absolute atomic E-state index is 0.0929. The molecule has 0 N–H and O–H groups in total. The molecule has 2 fully saturated rings. The molecule has 0 atom stereocenters. The Morgan fingerprint density at radius 3 is 2.54 bits per heavy atom. The summed E-state index contributed by atoms with van der Waals surface area (Å²) in [6.07, 6.45) is 3.07. The number of carbonyl (C=O) groups is 1. The number of benzene rings is 1. The molecule has 0 spiro atoms. The Morgan fingerprint density at radius 1 is 1.31 bits per heavy atom. The molecule has 3 rings (SSSR count). The molecule has 142 valence electrons. The molecule has 2 heterocycles. The van der Waals surface area contributed by atoms with Gasteiger partial charge >= 0.3 is 5.97 Å². The van der Waals surface area contributed by atoms with Crippen LogP contribution in [0.15, 0.2) is 18.2 Å². The van der Waals surface area contributed by atoms with E-state index in [1.807, 2.05) is 6.07 Å². The standard InChI is InChI=1S/C19H26N2O5/c1-14-5-9-20(10-6-14)17-13-15(3-4-16(17)21(23)24)19(18(22)25-2)7-11-26-12-8-19/h3-4,13-14H,5-12H2,1-2H3. The molecular weight excluding hydrogens is 336 g/mol. The SMILES string of the molecule is COC(=O)C1(c2ccc([N+](=O)[O-])c(N3CCC(C)CC3)c2)CCOCC1. The van der Waals surface area contributed by atoms with Crippen molar-refractivity contribution in [2.24, 2.45) is 5.92 Å². The van der Waals surface area contributed by atoms with Crippen LogP contribution in [0.4, 0.5) is 11.4 Å². The minimum Gasteiger partial charge on any atom is -0.468 e. The lowest BCUT2D eigenvalue weighted by molar-refractivity contribution is -0.384. The second-order valence-electron chi connectivity index (χ2n) is 7.32. The zero-order valence-electron chi connectivity index (χ0n) is 15.4. The number of ether oxygens (including phenoxy) is 2. The van der Waals surface area contributed by atoms with Crippen LogP contribution in [0.5, 0.6) is 0 Å². The van der Waals surface area contributed by atoms with Crippen molar-refractivity contribution in [3.8, 4) is 0 Å². The summed E-state index contributed by atoms with van der Waals surface area (Å²) in [6, 6.07) is 5.07. The molecule has 0 radical (unpaired) electrons. The van der Waals surface area contributed by atoms with E-state index in [0.717, 1.165) is 31.5 Å². The predicted octanol–water partition coefficient (Wildman–Crippen LogP) is 3.05. The average molecular weight is 362 g/mol. The maximum atomic E-state index is 12.6. The maximum absolute atomic E-state index is 12.6. The van der Waals surface area contributed by atoms with Crippen molar-refractivity contribution in [1.82, 2.24) is 0 Å². The summed E-state index contributed by atoms with van der Waals surface area (Å²) in [4.78, 5) is 25.9. The van der Waals surface area contributed by atoms with E-state index in [1.54, 1.807) is 6.07 Å². The van der Waals surface area contributed by atoms with Gasteiger partial charge in [-0.3, -0.25) is 14.9 Å². The Morgan fingerprint density at radius 2 is 1.96 bits per heavy atom. The van der Waals surface area contributed by atoms with Crippen LogP contribution in [0, 0.1) is 16.0 Å². The van der Waals surface area contributed by atoms with Crippen LogP contribution < -0.4 is 4.90 Å². The number of piperidine rings is 1. The number of esters is 1. The van der Waals surface area contributed by atoms with E-state index in [2.05, 4.69) is 11.8 Å². The molecule has 2 saturated heterocycles. The number of nitro groups is 1. The number of hydrogen-bond donors (Lipinski definition) is 0. The number of hydrogen-bond acceptors (Lipinski definition) is 6. The van der Waals surface area contributed by atoms with Crippen molar-refractivity contribution >= 4 is 17.3 Å². The summed E-state index contributed by atoms with van der Waals surface area (Å²) >= 11 is 0. The Kier molecular flexibility index (Phi) is 5.46. The van der Waals surface area contributed by atoms with Crippen molar-refractivity contribution in [3.05, 3.63) is 33.9 Å². The van der Waals surface area contributed by atoms with Gasteiger partial charge in [-0.15, -0.1) is 0 Å². The minimum atomic E-state index is -0.792. The van der Waals surface area contributed by atoms with E-state index in [4.69, 9.17) is 9.47 Å². The van der Waals surface area contributed by atoms with Gasteiger partial charge in [0.1, 0.15) is 5.69 Å². The Bertz CT molecular complexity index is 677.